The van der Waals surface area contributed by atoms with Gasteiger partial charge in [0.15, 0.2) is 0 Å². The molecule has 2 aromatic rings. The molecule has 0 fully saturated rings. The first-order valence-corrected chi connectivity index (χ1v) is 8.33. The highest BCUT2D eigenvalue weighted by atomic mass is 16.1. The number of carbonyl (C=O) groups excluding carboxylic acids is 1. The van der Waals surface area contributed by atoms with E-state index in [4.69, 9.17) is 0 Å². The van der Waals surface area contributed by atoms with Crippen LogP contribution < -0.4 is 5.32 Å². The molecule has 0 aromatic heterocycles. The minimum absolute atomic E-state index is 0.0373. The van der Waals surface area contributed by atoms with Crippen LogP contribution in [0, 0.1) is 19.8 Å². The Balaban J connectivity index is 2.08. The molecule has 0 aliphatic rings. The van der Waals surface area contributed by atoms with Gasteiger partial charge in [-0.2, -0.15) is 0 Å². The zero-order valence-corrected chi connectivity index (χ0v) is 14.8. The van der Waals surface area contributed by atoms with Crippen LogP contribution in [0.4, 0.5) is 5.69 Å². The quantitative estimate of drug-likeness (QED) is 0.803. The van der Waals surface area contributed by atoms with Crippen LogP contribution in [0.15, 0.2) is 42.5 Å². The average Bonchev–Trinajstić information content (AvgIpc) is 2.50. The maximum absolute atomic E-state index is 12.5. The Morgan fingerprint density at radius 2 is 1.65 bits per heavy atom. The fraction of sp³-hybridized carbons (Fsp3) is 0.381. The van der Waals surface area contributed by atoms with Crippen molar-refractivity contribution >= 4 is 11.6 Å². The Hall–Kier alpha value is -2.09. The lowest BCUT2D eigenvalue weighted by Gasteiger charge is -2.15. The second kappa shape index (κ2) is 7.45. The molecule has 0 unspecified atom stereocenters. The maximum atomic E-state index is 12.5. The van der Waals surface area contributed by atoms with E-state index in [0.29, 0.717) is 5.92 Å². The molecule has 23 heavy (non-hydrogen) atoms. The van der Waals surface area contributed by atoms with E-state index in [0.717, 1.165) is 28.8 Å². The Morgan fingerprint density at radius 1 is 1.00 bits per heavy atom. The van der Waals surface area contributed by atoms with Crippen LogP contribution in [0.5, 0.6) is 0 Å². The predicted molar refractivity (Wildman–Crippen MR) is 97.9 cm³/mol. The second-order valence-corrected chi connectivity index (χ2v) is 6.87. The summed E-state index contributed by atoms with van der Waals surface area (Å²) in [7, 11) is 0. The molecule has 0 aliphatic carbocycles. The minimum Gasteiger partial charge on any atom is -0.325 e. The average molecular weight is 309 g/mol. The summed E-state index contributed by atoms with van der Waals surface area (Å²) in [6.07, 6.45) is 1.07. The summed E-state index contributed by atoms with van der Waals surface area (Å²) in [4.78, 5) is 12.5. The van der Waals surface area contributed by atoms with Crippen molar-refractivity contribution in [1.29, 1.82) is 0 Å². The maximum Gasteiger partial charge on any atom is 0.231 e. The highest BCUT2D eigenvalue weighted by Crippen LogP contribution is 2.22. The predicted octanol–water partition coefficient (Wildman–Crippen LogP) is 5.24. The van der Waals surface area contributed by atoms with Gasteiger partial charge in [-0.25, -0.2) is 0 Å². The number of rotatable bonds is 5. The number of benzene rings is 2. The zero-order valence-electron chi connectivity index (χ0n) is 14.8. The highest BCUT2D eigenvalue weighted by molar-refractivity contribution is 5.96. The van der Waals surface area contributed by atoms with Gasteiger partial charge in [-0.15, -0.1) is 0 Å². The summed E-state index contributed by atoms with van der Waals surface area (Å²) in [6.45, 7) is 10.4. The van der Waals surface area contributed by atoms with Gasteiger partial charge in [0.1, 0.15) is 0 Å². The van der Waals surface area contributed by atoms with Crippen LogP contribution in [0.25, 0.3) is 0 Å². The molecule has 0 saturated heterocycles. The smallest absolute Gasteiger partial charge is 0.231 e. The summed E-state index contributed by atoms with van der Waals surface area (Å²) in [5.74, 6) is 0.518. The van der Waals surface area contributed by atoms with Gasteiger partial charge in [-0.1, -0.05) is 50.2 Å². The van der Waals surface area contributed by atoms with Crippen molar-refractivity contribution in [3.8, 4) is 0 Å². The van der Waals surface area contributed by atoms with Crippen molar-refractivity contribution in [1.82, 2.24) is 0 Å². The molecule has 2 rings (SSSR count). The summed E-state index contributed by atoms with van der Waals surface area (Å²) >= 11 is 0. The van der Waals surface area contributed by atoms with Crippen molar-refractivity contribution < 1.29 is 4.79 Å². The number of anilines is 1. The van der Waals surface area contributed by atoms with E-state index in [-0.39, 0.29) is 11.8 Å². The summed E-state index contributed by atoms with van der Waals surface area (Å²) in [5.41, 5.74) is 5.52. The third kappa shape index (κ3) is 4.69. The Kier molecular flexibility index (Phi) is 5.59. The van der Waals surface area contributed by atoms with Crippen molar-refractivity contribution in [3.63, 3.8) is 0 Å². The molecule has 0 spiro atoms. The summed E-state index contributed by atoms with van der Waals surface area (Å²) in [5, 5.41) is 3.06. The lowest BCUT2D eigenvalue weighted by Crippen LogP contribution is -2.19. The monoisotopic (exact) mass is 309 g/mol. The van der Waals surface area contributed by atoms with Crippen LogP contribution in [-0.2, 0) is 11.2 Å². The standard InChI is InChI=1S/C21H27NO/c1-14(2)12-18-8-10-19(11-9-18)17(5)21(23)22-20-13-15(3)6-7-16(20)4/h6-11,13-14,17H,12H2,1-5H3,(H,22,23)/t17-/m1/s1. The first-order chi connectivity index (χ1) is 10.9. The van der Waals surface area contributed by atoms with Crippen LogP contribution in [0.3, 0.4) is 0 Å². The van der Waals surface area contributed by atoms with E-state index in [1.54, 1.807) is 0 Å². The van der Waals surface area contributed by atoms with Gasteiger partial charge in [0.25, 0.3) is 0 Å². The number of amides is 1. The number of aryl methyl sites for hydroxylation is 2. The molecule has 1 amide bonds. The molecule has 0 aliphatic heterocycles. The molecular weight excluding hydrogens is 282 g/mol. The van der Waals surface area contributed by atoms with Crippen molar-refractivity contribution in [3.05, 3.63) is 64.7 Å². The Morgan fingerprint density at radius 3 is 2.26 bits per heavy atom. The van der Waals surface area contributed by atoms with Gasteiger partial charge in [0.2, 0.25) is 5.91 Å². The second-order valence-electron chi connectivity index (χ2n) is 6.87. The van der Waals surface area contributed by atoms with Crippen LogP contribution >= 0.6 is 0 Å². The van der Waals surface area contributed by atoms with Gasteiger partial charge in [-0.3, -0.25) is 4.79 Å². The number of carbonyl (C=O) groups is 1. The molecule has 2 heteroatoms. The topological polar surface area (TPSA) is 29.1 Å². The van der Waals surface area contributed by atoms with Crippen LogP contribution in [0.2, 0.25) is 0 Å². The normalized spacial score (nSPS) is 12.3. The molecule has 0 heterocycles. The molecule has 1 N–H and O–H groups in total. The van der Waals surface area contributed by atoms with Crippen molar-refractivity contribution in [2.24, 2.45) is 5.92 Å². The van der Waals surface area contributed by atoms with Gasteiger partial charge < -0.3 is 5.32 Å². The highest BCUT2D eigenvalue weighted by Gasteiger charge is 2.16. The molecule has 122 valence electrons. The van der Waals surface area contributed by atoms with E-state index in [1.807, 2.05) is 32.9 Å². The summed E-state index contributed by atoms with van der Waals surface area (Å²) in [6, 6.07) is 14.5. The van der Waals surface area contributed by atoms with Gasteiger partial charge >= 0.3 is 0 Å². The molecule has 0 saturated carbocycles. The molecular formula is C21H27NO. The minimum atomic E-state index is -0.164. The number of nitrogens with one attached hydrogen (secondary N) is 1. The van der Waals surface area contributed by atoms with Crippen LogP contribution in [0.1, 0.15) is 48.9 Å². The molecule has 0 bridgehead atoms. The van der Waals surface area contributed by atoms with E-state index < -0.39 is 0 Å². The number of hydrogen-bond donors (Lipinski definition) is 1. The third-order valence-electron chi connectivity index (χ3n) is 4.17. The van der Waals surface area contributed by atoms with Gasteiger partial charge in [0.05, 0.1) is 5.92 Å². The number of hydrogen-bond acceptors (Lipinski definition) is 1. The Bertz CT molecular complexity index is 671. The fourth-order valence-electron chi connectivity index (χ4n) is 2.68. The lowest BCUT2D eigenvalue weighted by atomic mass is 9.96. The third-order valence-corrected chi connectivity index (χ3v) is 4.17. The molecule has 0 radical (unpaired) electrons. The van der Waals surface area contributed by atoms with E-state index in [1.165, 1.54) is 5.56 Å². The fourth-order valence-corrected chi connectivity index (χ4v) is 2.68. The van der Waals surface area contributed by atoms with E-state index >= 15 is 0 Å². The van der Waals surface area contributed by atoms with Gasteiger partial charge in [-0.05, 0) is 61.4 Å². The Labute approximate surface area is 139 Å². The van der Waals surface area contributed by atoms with E-state index in [2.05, 4.69) is 49.5 Å². The zero-order chi connectivity index (χ0) is 17.0. The first kappa shape index (κ1) is 17.3. The summed E-state index contributed by atoms with van der Waals surface area (Å²) < 4.78 is 0. The van der Waals surface area contributed by atoms with Crippen LogP contribution in [-0.4, -0.2) is 5.91 Å². The lowest BCUT2D eigenvalue weighted by molar-refractivity contribution is -0.117. The van der Waals surface area contributed by atoms with Crippen molar-refractivity contribution in [2.75, 3.05) is 5.32 Å². The molecule has 1 atom stereocenters. The van der Waals surface area contributed by atoms with Gasteiger partial charge in [0, 0.05) is 5.69 Å². The molecule has 2 aromatic carbocycles. The largest absolute Gasteiger partial charge is 0.325 e. The van der Waals surface area contributed by atoms with Crippen molar-refractivity contribution in [2.45, 2.75) is 47.0 Å². The van der Waals surface area contributed by atoms with E-state index in [9.17, 15) is 4.79 Å². The first-order valence-electron chi connectivity index (χ1n) is 8.33. The molecule has 2 nitrogen and oxygen atoms in total. The SMILES string of the molecule is Cc1ccc(C)c(NC(=O)[C@H](C)c2ccc(CC(C)C)cc2)c1.